The van der Waals surface area contributed by atoms with E-state index < -0.39 is 5.97 Å². The van der Waals surface area contributed by atoms with Gasteiger partial charge in [-0.3, -0.25) is 4.79 Å². The molecule has 0 saturated heterocycles. The average Bonchev–Trinajstić information content (AvgIpc) is 3.53. The van der Waals surface area contributed by atoms with Crippen LogP contribution < -0.4 is 19.5 Å². The molecule has 36 heavy (non-hydrogen) atoms. The molecule has 2 aromatic carbocycles. The van der Waals surface area contributed by atoms with E-state index in [-0.39, 0.29) is 19.3 Å². The maximum absolute atomic E-state index is 11.7. The SMILES string of the molecule is O=C(O)CC(c1ccc2c(c1)OCO2)n1ccc2cc(OCCc3ccc4c(n3)NCCC4)ccc21. The Hall–Kier alpha value is -4.20. The number of benzene rings is 2. The lowest BCUT2D eigenvalue weighted by Gasteiger charge is -2.20. The molecule has 184 valence electrons. The van der Waals surface area contributed by atoms with Crippen molar-refractivity contribution in [1.82, 2.24) is 9.55 Å². The van der Waals surface area contributed by atoms with Gasteiger partial charge in [0.1, 0.15) is 11.6 Å². The summed E-state index contributed by atoms with van der Waals surface area (Å²) in [6, 6.07) is 17.3. The zero-order chi connectivity index (χ0) is 24.5. The normalized spacial score (nSPS) is 14.8. The van der Waals surface area contributed by atoms with Gasteiger partial charge < -0.3 is 29.2 Å². The zero-order valence-electron chi connectivity index (χ0n) is 19.8. The van der Waals surface area contributed by atoms with E-state index in [1.54, 1.807) is 0 Å². The second-order valence-corrected chi connectivity index (χ2v) is 9.11. The predicted octanol–water partition coefficient (Wildman–Crippen LogP) is 4.81. The summed E-state index contributed by atoms with van der Waals surface area (Å²) in [4.78, 5) is 16.5. The van der Waals surface area contributed by atoms with E-state index in [9.17, 15) is 9.90 Å². The topological polar surface area (TPSA) is 94.8 Å². The first-order chi connectivity index (χ1) is 17.6. The number of aliphatic carboxylic acids is 1. The molecular weight excluding hydrogens is 458 g/mol. The summed E-state index contributed by atoms with van der Waals surface area (Å²) in [5.74, 6) is 2.22. The third-order valence-electron chi connectivity index (χ3n) is 6.76. The number of aryl methyl sites for hydroxylation is 1. The number of anilines is 1. The first-order valence-electron chi connectivity index (χ1n) is 12.2. The number of ether oxygens (including phenoxy) is 3. The number of hydrogen-bond acceptors (Lipinski definition) is 6. The lowest BCUT2D eigenvalue weighted by molar-refractivity contribution is -0.137. The highest BCUT2D eigenvalue weighted by atomic mass is 16.7. The molecule has 0 fully saturated rings. The first kappa shape index (κ1) is 22.3. The number of carboxylic acids is 1. The van der Waals surface area contributed by atoms with Crippen LogP contribution in [0.4, 0.5) is 5.82 Å². The average molecular weight is 486 g/mol. The van der Waals surface area contributed by atoms with Crippen LogP contribution >= 0.6 is 0 Å². The number of carbonyl (C=O) groups is 1. The molecule has 8 heteroatoms. The van der Waals surface area contributed by atoms with Crippen LogP contribution in [0.25, 0.3) is 10.9 Å². The van der Waals surface area contributed by atoms with E-state index in [1.165, 1.54) is 5.56 Å². The number of hydrogen-bond donors (Lipinski definition) is 2. The summed E-state index contributed by atoms with van der Waals surface area (Å²) in [6.45, 7) is 1.68. The first-order valence-corrected chi connectivity index (χ1v) is 12.2. The molecule has 0 radical (unpaired) electrons. The lowest BCUT2D eigenvalue weighted by Crippen LogP contribution is -2.14. The number of carboxylic acid groups (broad SMARTS) is 1. The number of fused-ring (bicyclic) bond motifs is 3. The highest BCUT2D eigenvalue weighted by molar-refractivity contribution is 5.82. The largest absolute Gasteiger partial charge is 0.493 e. The molecule has 0 bridgehead atoms. The van der Waals surface area contributed by atoms with Crippen molar-refractivity contribution in [2.45, 2.75) is 31.7 Å². The van der Waals surface area contributed by atoms with Gasteiger partial charge >= 0.3 is 5.97 Å². The van der Waals surface area contributed by atoms with Crippen molar-refractivity contribution < 1.29 is 24.1 Å². The fourth-order valence-electron chi connectivity index (χ4n) is 4.95. The van der Waals surface area contributed by atoms with Gasteiger partial charge in [0.15, 0.2) is 11.5 Å². The van der Waals surface area contributed by atoms with Crippen LogP contribution in [0.3, 0.4) is 0 Å². The second kappa shape index (κ2) is 9.45. The molecule has 4 aromatic rings. The standard InChI is InChI=1S/C28H27N3O5/c32-27(33)16-24(19-4-8-25-26(15-19)36-17-35-25)31-12-9-20-14-22(6-7-23(20)31)34-13-10-21-5-3-18-2-1-11-29-28(18)30-21/h3-9,12,14-15,24H,1-2,10-11,13,16-17H2,(H,29,30)(H,32,33). The Morgan fingerprint density at radius 1 is 1.11 bits per heavy atom. The molecule has 2 aromatic heterocycles. The van der Waals surface area contributed by atoms with Crippen LogP contribution in [0.1, 0.15) is 35.7 Å². The number of rotatable bonds is 8. The van der Waals surface area contributed by atoms with Crippen molar-refractivity contribution in [3.05, 3.63) is 77.6 Å². The molecule has 8 nitrogen and oxygen atoms in total. The van der Waals surface area contributed by atoms with Crippen molar-refractivity contribution >= 4 is 22.7 Å². The van der Waals surface area contributed by atoms with Crippen molar-refractivity contribution in [3.63, 3.8) is 0 Å². The van der Waals surface area contributed by atoms with Gasteiger partial charge in [-0.2, -0.15) is 0 Å². The fourth-order valence-corrected chi connectivity index (χ4v) is 4.95. The van der Waals surface area contributed by atoms with Gasteiger partial charge in [0.05, 0.1) is 19.1 Å². The molecule has 4 heterocycles. The van der Waals surface area contributed by atoms with Gasteiger partial charge in [-0.05, 0) is 66.4 Å². The second-order valence-electron chi connectivity index (χ2n) is 9.11. The third-order valence-corrected chi connectivity index (χ3v) is 6.76. The van der Waals surface area contributed by atoms with Gasteiger partial charge in [-0.15, -0.1) is 0 Å². The Bertz CT molecular complexity index is 1430. The molecule has 0 saturated carbocycles. The highest BCUT2D eigenvalue weighted by Crippen LogP contribution is 2.37. The van der Waals surface area contributed by atoms with E-state index in [0.717, 1.165) is 59.5 Å². The molecule has 2 N–H and O–H groups in total. The van der Waals surface area contributed by atoms with Gasteiger partial charge in [-0.25, -0.2) is 4.98 Å². The van der Waals surface area contributed by atoms with E-state index in [2.05, 4.69) is 17.4 Å². The molecule has 1 atom stereocenters. The summed E-state index contributed by atoms with van der Waals surface area (Å²) in [6.07, 6.45) is 4.82. The maximum Gasteiger partial charge on any atom is 0.305 e. The van der Waals surface area contributed by atoms with Crippen LogP contribution in [0.15, 0.2) is 60.8 Å². The Labute approximate surface area is 208 Å². The number of pyridine rings is 1. The van der Waals surface area contributed by atoms with Crippen LogP contribution in [-0.4, -0.2) is 40.6 Å². The molecular formula is C28H27N3O5. The van der Waals surface area contributed by atoms with E-state index in [4.69, 9.17) is 19.2 Å². The minimum Gasteiger partial charge on any atom is -0.493 e. The number of nitrogens with one attached hydrogen (secondary N) is 1. The molecule has 1 unspecified atom stereocenters. The predicted molar refractivity (Wildman–Crippen MR) is 135 cm³/mol. The minimum absolute atomic E-state index is 0.0513. The molecule has 0 spiro atoms. The summed E-state index contributed by atoms with van der Waals surface area (Å²) in [5.41, 5.74) is 4.08. The molecule has 6 rings (SSSR count). The van der Waals surface area contributed by atoms with Crippen molar-refractivity contribution in [3.8, 4) is 17.2 Å². The molecule has 0 amide bonds. The van der Waals surface area contributed by atoms with E-state index >= 15 is 0 Å². The third kappa shape index (κ3) is 4.42. The molecule has 0 aliphatic carbocycles. The monoisotopic (exact) mass is 485 g/mol. The van der Waals surface area contributed by atoms with Crippen molar-refractivity contribution in [2.24, 2.45) is 0 Å². The number of nitrogens with zero attached hydrogens (tertiary/aromatic N) is 2. The summed E-state index contributed by atoms with van der Waals surface area (Å²) >= 11 is 0. The Morgan fingerprint density at radius 3 is 2.94 bits per heavy atom. The maximum atomic E-state index is 11.7. The van der Waals surface area contributed by atoms with Crippen LogP contribution in [-0.2, 0) is 17.6 Å². The smallest absolute Gasteiger partial charge is 0.305 e. The Morgan fingerprint density at radius 2 is 2.03 bits per heavy atom. The van der Waals surface area contributed by atoms with Crippen molar-refractivity contribution in [2.75, 3.05) is 25.3 Å². The fraction of sp³-hybridized carbons (Fsp3) is 0.286. The summed E-state index contributed by atoms with van der Waals surface area (Å²) < 4.78 is 18.9. The quantitative estimate of drug-likeness (QED) is 0.370. The van der Waals surface area contributed by atoms with Crippen molar-refractivity contribution in [1.29, 1.82) is 0 Å². The highest BCUT2D eigenvalue weighted by Gasteiger charge is 2.23. The zero-order valence-corrected chi connectivity index (χ0v) is 19.8. The lowest BCUT2D eigenvalue weighted by atomic mass is 10.0. The Kier molecular flexibility index (Phi) is 5.85. The van der Waals surface area contributed by atoms with Crippen LogP contribution in [0.5, 0.6) is 17.2 Å². The molecule has 2 aliphatic rings. The Balaban J connectivity index is 1.19. The van der Waals surface area contributed by atoms with Crippen LogP contribution in [0.2, 0.25) is 0 Å². The van der Waals surface area contributed by atoms with Gasteiger partial charge in [0, 0.05) is 35.8 Å². The summed E-state index contributed by atoms with van der Waals surface area (Å²) in [7, 11) is 0. The van der Waals surface area contributed by atoms with Gasteiger partial charge in [0.2, 0.25) is 6.79 Å². The summed E-state index contributed by atoms with van der Waals surface area (Å²) in [5, 5.41) is 14.0. The molecule has 2 aliphatic heterocycles. The van der Waals surface area contributed by atoms with Gasteiger partial charge in [0.25, 0.3) is 0 Å². The number of aromatic nitrogens is 2. The minimum atomic E-state index is -0.870. The van der Waals surface area contributed by atoms with E-state index in [0.29, 0.717) is 18.1 Å². The van der Waals surface area contributed by atoms with E-state index in [1.807, 2.05) is 53.2 Å². The van der Waals surface area contributed by atoms with Crippen LogP contribution in [0, 0.1) is 0 Å². The van der Waals surface area contributed by atoms with Gasteiger partial charge in [-0.1, -0.05) is 12.1 Å².